The van der Waals surface area contributed by atoms with Crippen molar-refractivity contribution in [2.45, 2.75) is 25.3 Å². The fourth-order valence-electron chi connectivity index (χ4n) is 1.96. The number of halogens is 1. The molecule has 0 fully saturated rings. The van der Waals surface area contributed by atoms with Gasteiger partial charge < -0.3 is 10.4 Å². The van der Waals surface area contributed by atoms with E-state index in [9.17, 15) is 9.18 Å². The van der Waals surface area contributed by atoms with Crippen molar-refractivity contribution in [2.24, 2.45) is 0 Å². The molecule has 1 aromatic rings. The average molecular weight is 235 g/mol. The maximum Gasteiger partial charge on any atom is 0.337 e. The van der Waals surface area contributed by atoms with E-state index in [0.29, 0.717) is 5.69 Å². The summed E-state index contributed by atoms with van der Waals surface area (Å²) in [4.78, 5) is 11.0. The van der Waals surface area contributed by atoms with Crippen LogP contribution in [-0.2, 0) is 0 Å². The van der Waals surface area contributed by atoms with Crippen molar-refractivity contribution < 1.29 is 14.3 Å². The van der Waals surface area contributed by atoms with Crippen LogP contribution in [-0.4, -0.2) is 17.1 Å². The van der Waals surface area contributed by atoms with Crippen LogP contribution in [0.3, 0.4) is 0 Å². The van der Waals surface area contributed by atoms with E-state index in [4.69, 9.17) is 5.11 Å². The van der Waals surface area contributed by atoms with Crippen LogP contribution in [0, 0.1) is 5.82 Å². The number of anilines is 1. The molecule has 0 bridgehead atoms. The van der Waals surface area contributed by atoms with E-state index in [2.05, 4.69) is 17.5 Å². The molecule has 0 saturated carbocycles. The monoisotopic (exact) mass is 235 g/mol. The zero-order valence-electron chi connectivity index (χ0n) is 9.32. The van der Waals surface area contributed by atoms with Crippen LogP contribution in [0.15, 0.2) is 30.4 Å². The maximum atomic E-state index is 13.0. The molecule has 0 aliphatic heterocycles. The van der Waals surface area contributed by atoms with Crippen LogP contribution in [0.1, 0.15) is 29.6 Å². The number of allylic oxidation sites excluding steroid dienone is 1. The first-order valence-electron chi connectivity index (χ1n) is 5.61. The van der Waals surface area contributed by atoms with E-state index in [1.54, 1.807) is 0 Å². The number of aromatic carboxylic acids is 1. The highest BCUT2D eigenvalue weighted by molar-refractivity contribution is 5.94. The lowest BCUT2D eigenvalue weighted by atomic mass is 10.0. The van der Waals surface area contributed by atoms with Gasteiger partial charge >= 0.3 is 5.97 Å². The number of carboxylic acids is 1. The fraction of sp³-hybridized carbons (Fsp3) is 0.308. The Morgan fingerprint density at radius 3 is 2.88 bits per heavy atom. The fourth-order valence-corrected chi connectivity index (χ4v) is 1.96. The van der Waals surface area contributed by atoms with Gasteiger partial charge in [0.05, 0.1) is 5.56 Å². The number of benzene rings is 1. The molecule has 0 spiro atoms. The molecule has 0 heterocycles. The van der Waals surface area contributed by atoms with E-state index in [0.717, 1.165) is 25.3 Å². The third kappa shape index (κ3) is 2.84. The van der Waals surface area contributed by atoms with Gasteiger partial charge in [-0.2, -0.15) is 0 Å². The van der Waals surface area contributed by atoms with Gasteiger partial charge in [0.2, 0.25) is 0 Å². The van der Waals surface area contributed by atoms with Gasteiger partial charge in [-0.3, -0.25) is 0 Å². The number of carbonyl (C=O) groups is 1. The molecule has 17 heavy (non-hydrogen) atoms. The summed E-state index contributed by atoms with van der Waals surface area (Å²) in [5, 5.41) is 12.2. The lowest BCUT2D eigenvalue weighted by Crippen LogP contribution is -2.21. The minimum absolute atomic E-state index is 0.0143. The third-order valence-electron chi connectivity index (χ3n) is 2.84. The average Bonchev–Trinajstić information content (AvgIpc) is 2.32. The highest BCUT2D eigenvalue weighted by atomic mass is 19.1. The van der Waals surface area contributed by atoms with E-state index < -0.39 is 11.8 Å². The molecule has 0 radical (unpaired) electrons. The van der Waals surface area contributed by atoms with Crippen LogP contribution < -0.4 is 5.32 Å². The number of hydrogen-bond donors (Lipinski definition) is 2. The number of nitrogens with one attached hydrogen (secondary N) is 1. The normalized spacial score (nSPS) is 19.0. The predicted molar refractivity (Wildman–Crippen MR) is 63.8 cm³/mol. The Labute approximate surface area is 99.0 Å². The van der Waals surface area contributed by atoms with E-state index in [1.165, 1.54) is 12.1 Å². The van der Waals surface area contributed by atoms with Crippen molar-refractivity contribution in [2.75, 3.05) is 5.32 Å². The van der Waals surface area contributed by atoms with Gasteiger partial charge in [-0.1, -0.05) is 12.2 Å². The quantitative estimate of drug-likeness (QED) is 0.792. The van der Waals surface area contributed by atoms with E-state index in [-0.39, 0.29) is 11.6 Å². The highest BCUT2D eigenvalue weighted by Gasteiger charge is 2.15. The zero-order valence-corrected chi connectivity index (χ0v) is 9.32. The molecule has 1 aliphatic carbocycles. The van der Waals surface area contributed by atoms with Crippen LogP contribution in [0.2, 0.25) is 0 Å². The Morgan fingerprint density at radius 1 is 1.41 bits per heavy atom. The van der Waals surface area contributed by atoms with Gasteiger partial charge in [0.25, 0.3) is 0 Å². The highest BCUT2D eigenvalue weighted by Crippen LogP contribution is 2.21. The molecule has 0 saturated heterocycles. The van der Waals surface area contributed by atoms with Gasteiger partial charge in [-0.25, -0.2) is 9.18 Å². The van der Waals surface area contributed by atoms with Crippen molar-refractivity contribution in [3.8, 4) is 0 Å². The van der Waals surface area contributed by atoms with Crippen LogP contribution in [0.5, 0.6) is 0 Å². The smallest absolute Gasteiger partial charge is 0.337 e. The topological polar surface area (TPSA) is 49.3 Å². The van der Waals surface area contributed by atoms with Crippen molar-refractivity contribution in [3.63, 3.8) is 0 Å². The second-order valence-corrected chi connectivity index (χ2v) is 4.12. The van der Waals surface area contributed by atoms with Crippen molar-refractivity contribution >= 4 is 11.7 Å². The Bertz CT molecular complexity index is 457. The van der Waals surface area contributed by atoms with Gasteiger partial charge in [0.1, 0.15) is 5.82 Å². The molecule has 4 heteroatoms. The first kappa shape index (κ1) is 11.6. The largest absolute Gasteiger partial charge is 0.478 e. The Morgan fingerprint density at radius 2 is 2.24 bits per heavy atom. The van der Waals surface area contributed by atoms with Crippen molar-refractivity contribution in [1.82, 2.24) is 0 Å². The van der Waals surface area contributed by atoms with Gasteiger partial charge in [0, 0.05) is 11.7 Å². The molecular formula is C13H14FNO2. The van der Waals surface area contributed by atoms with E-state index >= 15 is 0 Å². The van der Waals surface area contributed by atoms with E-state index in [1.807, 2.05) is 0 Å². The Hall–Kier alpha value is -1.84. The summed E-state index contributed by atoms with van der Waals surface area (Å²) >= 11 is 0. The minimum Gasteiger partial charge on any atom is -0.478 e. The summed E-state index contributed by atoms with van der Waals surface area (Å²) in [6.07, 6.45) is 7.01. The summed E-state index contributed by atoms with van der Waals surface area (Å²) in [6, 6.07) is 4.03. The maximum absolute atomic E-state index is 13.0. The second kappa shape index (κ2) is 4.99. The van der Waals surface area contributed by atoms with Crippen LogP contribution in [0.25, 0.3) is 0 Å². The molecular weight excluding hydrogens is 221 g/mol. The minimum atomic E-state index is -1.11. The van der Waals surface area contributed by atoms with Crippen molar-refractivity contribution in [3.05, 3.63) is 41.7 Å². The van der Waals surface area contributed by atoms with Crippen LogP contribution >= 0.6 is 0 Å². The molecule has 90 valence electrons. The van der Waals surface area contributed by atoms with Gasteiger partial charge in [-0.15, -0.1) is 0 Å². The Balaban J connectivity index is 2.19. The van der Waals surface area contributed by atoms with Crippen molar-refractivity contribution in [1.29, 1.82) is 0 Å². The zero-order chi connectivity index (χ0) is 12.3. The summed E-state index contributed by atoms with van der Waals surface area (Å²) in [6.45, 7) is 0. The lowest BCUT2D eigenvalue weighted by Gasteiger charge is -2.21. The molecule has 1 atom stereocenters. The predicted octanol–water partition coefficient (Wildman–Crippen LogP) is 3.04. The summed E-state index contributed by atoms with van der Waals surface area (Å²) in [5.41, 5.74) is 0.471. The first-order chi connectivity index (χ1) is 8.16. The molecule has 0 amide bonds. The summed E-state index contributed by atoms with van der Waals surface area (Å²) in [5.74, 6) is -1.64. The molecule has 1 unspecified atom stereocenters. The molecule has 0 aromatic heterocycles. The molecule has 1 aliphatic rings. The molecule has 1 aromatic carbocycles. The standard InChI is InChI=1S/C13H14FNO2/c14-9-6-7-12(11(8-9)13(16)17)15-10-4-2-1-3-5-10/h1-2,6-8,10,15H,3-5H2,(H,16,17). The van der Waals surface area contributed by atoms with Gasteiger partial charge in [0.15, 0.2) is 0 Å². The Kier molecular flexibility index (Phi) is 3.42. The summed E-state index contributed by atoms with van der Waals surface area (Å²) in [7, 11) is 0. The first-order valence-corrected chi connectivity index (χ1v) is 5.61. The molecule has 3 nitrogen and oxygen atoms in total. The summed E-state index contributed by atoms with van der Waals surface area (Å²) < 4.78 is 13.0. The number of hydrogen-bond acceptors (Lipinski definition) is 2. The number of carboxylic acid groups (broad SMARTS) is 1. The number of rotatable bonds is 3. The molecule has 2 rings (SSSR count). The lowest BCUT2D eigenvalue weighted by molar-refractivity contribution is 0.0697. The van der Waals surface area contributed by atoms with Gasteiger partial charge in [-0.05, 0) is 37.5 Å². The second-order valence-electron chi connectivity index (χ2n) is 4.12. The third-order valence-corrected chi connectivity index (χ3v) is 2.84. The van der Waals surface area contributed by atoms with Crippen LogP contribution in [0.4, 0.5) is 10.1 Å². The molecule has 2 N–H and O–H groups in total. The SMILES string of the molecule is O=C(O)c1cc(F)ccc1NC1CC=CCC1.